The Hall–Kier alpha value is 0.320. The molecule has 0 spiro atoms. The van der Waals surface area contributed by atoms with Crippen LogP contribution in [0, 0.1) is 12.0 Å². The van der Waals surface area contributed by atoms with Crippen LogP contribution in [0.15, 0.2) is 0 Å². The molecule has 0 amide bonds. The first-order valence-corrected chi connectivity index (χ1v) is 1.12. The molecule has 0 saturated heterocycles. The summed E-state index contributed by atoms with van der Waals surface area (Å²) < 4.78 is 0. The van der Waals surface area contributed by atoms with E-state index in [4.69, 9.17) is 5.26 Å². The van der Waals surface area contributed by atoms with Gasteiger partial charge in [-0.05, 0) is 0 Å². The predicted octanol–water partition coefficient (Wildman–Crippen LogP) is -3.74. The van der Waals surface area contributed by atoms with Gasteiger partial charge in [0.25, 0.3) is 0 Å². The van der Waals surface area contributed by atoms with Crippen LogP contribution < -0.4 is 34.8 Å². The van der Waals surface area contributed by atoms with Crippen LogP contribution >= 0.6 is 0 Å². The zero-order chi connectivity index (χ0) is 4.12. The van der Waals surface area contributed by atoms with Gasteiger partial charge in [0.05, 0.1) is 0 Å². The van der Waals surface area contributed by atoms with Crippen LogP contribution in [0.3, 0.4) is 0 Å². The fraction of sp³-hybridized carbons (Fsp3) is 0.333. The van der Waals surface area contributed by atoms with E-state index in [-0.39, 0.29) is 29.6 Å². The van der Waals surface area contributed by atoms with Crippen LogP contribution in [0.25, 0.3) is 0 Å². The van der Waals surface area contributed by atoms with Crippen LogP contribution in [-0.2, 0) is 4.89 Å². The predicted molar refractivity (Wildman–Crippen MR) is 14.5 cm³/mol. The molecule has 0 aromatic carbocycles. The third-order valence-corrected chi connectivity index (χ3v) is 0.144. The Morgan fingerprint density at radius 3 is 2.17 bits per heavy atom. The third-order valence-electron chi connectivity index (χ3n) is 0.144. The zero-order valence-corrected chi connectivity index (χ0v) is 5.82. The molecule has 0 atom stereocenters. The van der Waals surface area contributed by atoms with E-state index in [1.807, 2.05) is 0 Å². The maximum Gasteiger partial charge on any atom is 1.00 e. The molecule has 0 aliphatic heterocycles. The summed E-state index contributed by atoms with van der Waals surface area (Å²) in [4.78, 5) is 3.08. The molecule has 0 saturated carbocycles. The summed E-state index contributed by atoms with van der Waals surface area (Å²) in [5.41, 5.74) is 0. The second kappa shape index (κ2) is 9.01. The van der Waals surface area contributed by atoms with Gasteiger partial charge in [0.1, 0.15) is 6.11 Å². The largest absolute Gasteiger partial charge is 1.00 e. The van der Waals surface area contributed by atoms with E-state index in [2.05, 4.69) is 10.8 Å². The van der Waals surface area contributed by atoms with E-state index in [0.717, 1.165) is 0 Å². The van der Waals surface area contributed by atoms with Gasteiger partial charge >= 0.3 is 29.6 Å². The first kappa shape index (κ1) is 9.58. The summed E-state index contributed by atoms with van der Waals surface area (Å²) in [5.74, 6) is 2.23. The van der Waals surface area contributed by atoms with Gasteiger partial charge in [-0.15, -0.1) is 0 Å². The van der Waals surface area contributed by atoms with E-state index >= 15 is 0 Å². The second-order valence-corrected chi connectivity index (χ2v) is 0.435. The zero-order valence-electron chi connectivity index (χ0n) is 3.82. The topological polar surface area (TPSA) is 32.3 Å². The van der Waals surface area contributed by atoms with Crippen LogP contribution in [0.4, 0.5) is 0 Å². The van der Waals surface area contributed by atoms with Crippen LogP contribution in [-0.4, -0.2) is 0 Å². The molecule has 0 aliphatic rings. The molecule has 2 nitrogen and oxygen atoms in total. The molecule has 0 aromatic heterocycles. The van der Waals surface area contributed by atoms with E-state index in [1.54, 1.807) is 6.11 Å². The molecule has 0 heterocycles. The summed E-state index contributed by atoms with van der Waals surface area (Å²) in [7, 11) is 0. The van der Waals surface area contributed by atoms with Crippen molar-refractivity contribution < 1.29 is 39.7 Å². The maximum absolute atomic E-state index is 8.86. The van der Waals surface area contributed by atoms with Gasteiger partial charge in [0, 0.05) is 6.92 Å². The Morgan fingerprint density at radius 1 is 1.67 bits per heavy atom. The minimum atomic E-state index is 0. The molecule has 28 valence electrons. The van der Waals surface area contributed by atoms with Crippen molar-refractivity contribution >= 4 is 0 Å². The fourth-order valence-corrected chi connectivity index (χ4v) is 0.0417. The van der Waals surface area contributed by atoms with Crippen molar-refractivity contribution in [3.05, 3.63) is 0 Å². The summed E-state index contributed by atoms with van der Waals surface area (Å²) in [6, 6.07) is 0. The van der Waals surface area contributed by atoms with Gasteiger partial charge in [-0.2, -0.15) is 0 Å². The molecule has 6 heavy (non-hydrogen) atoms. The van der Waals surface area contributed by atoms with E-state index in [1.165, 1.54) is 6.92 Å². The number of rotatable bonds is 0. The fourth-order valence-electron chi connectivity index (χ4n) is 0.0417. The minimum absolute atomic E-state index is 0. The van der Waals surface area contributed by atoms with Gasteiger partial charge in [-0.1, -0.05) is 5.92 Å². The Bertz CT molecular complexity index is 60.9. The number of hydrogen-bond donors (Lipinski definition) is 0. The van der Waals surface area contributed by atoms with Crippen LogP contribution in [0.1, 0.15) is 6.92 Å². The average Bonchev–Trinajstić information content (AvgIpc) is 1.41. The van der Waals surface area contributed by atoms with Crippen molar-refractivity contribution in [1.29, 1.82) is 0 Å². The summed E-state index contributed by atoms with van der Waals surface area (Å²) in [6.07, 6.45) is 1.81. The molecule has 0 aliphatic carbocycles. The monoisotopic (exact) mass is 94.0 g/mol. The van der Waals surface area contributed by atoms with Crippen molar-refractivity contribution in [2.45, 2.75) is 6.92 Å². The van der Waals surface area contributed by atoms with Gasteiger partial charge < -0.3 is 10.1 Å². The van der Waals surface area contributed by atoms with Crippen molar-refractivity contribution in [2.24, 2.45) is 0 Å². The SMILES string of the molecule is CC#CO[O-].[Na+]. The van der Waals surface area contributed by atoms with E-state index in [9.17, 15) is 0 Å². The minimum Gasteiger partial charge on any atom is -0.653 e. The molecular formula is C3H3NaO2. The standard InChI is InChI=1S/C3H4O2.Na/c1-2-3-5-4;/h4H,1H3;/q;+1/p-1. The second-order valence-electron chi connectivity index (χ2n) is 0.435. The Kier molecular flexibility index (Phi) is 14.4. The first-order chi connectivity index (χ1) is 2.41. The average molecular weight is 94.0 g/mol. The molecule has 3 heteroatoms. The summed E-state index contributed by atoms with van der Waals surface area (Å²) in [6.45, 7) is 1.53. The summed E-state index contributed by atoms with van der Waals surface area (Å²) in [5, 5.41) is 8.86. The van der Waals surface area contributed by atoms with Crippen molar-refractivity contribution in [2.75, 3.05) is 0 Å². The van der Waals surface area contributed by atoms with Crippen molar-refractivity contribution in [1.82, 2.24) is 0 Å². The Labute approximate surface area is 58.7 Å². The molecule has 0 rings (SSSR count). The molecular weight excluding hydrogens is 91.0 g/mol. The first-order valence-electron chi connectivity index (χ1n) is 1.12. The van der Waals surface area contributed by atoms with Gasteiger partial charge in [-0.3, -0.25) is 0 Å². The molecule has 0 radical (unpaired) electrons. The molecule has 0 N–H and O–H groups in total. The quantitative estimate of drug-likeness (QED) is 0.134. The normalized spacial score (nSPS) is 3.67. The number of hydrogen-bond acceptors (Lipinski definition) is 2. The van der Waals surface area contributed by atoms with Gasteiger partial charge in [0.15, 0.2) is 0 Å². The van der Waals surface area contributed by atoms with Crippen LogP contribution in [0.5, 0.6) is 0 Å². The molecule has 0 fully saturated rings. The van der Waals surface area contributed by atoms with Gasteiger partial charge in [-0.25, -0.2) is 0 Å². The van der Waals surface area contributed by atoms with E-state index < -0.39 is 0 Å². The molecule has 0 bridgehead atoms. The Morgan fingerprint density at radius 2 is 2.17 bits per heavy atom. The van der Waals surface area contributed by atoms with Crippen molar-refractivity contribution in [3.8, 4) is 12.0 Å². The van der Waals surface area contributed by atoms with Crippen LogP contribution in [0.2, 0.25) is 0 Å². The van der Waals surface area contributed by atoms with Gasteiger partial charge in [0.2, 0.25) is 0 Å². The summed E-state index contributed by atoms with van der Waals surface area (Å²) >= 11 is 0. The molecule has 0 aromatic rings. The molecule has 0 unspecified atom stereocenters. The maximum atomic E-state index is 8.86. The smallest absolute Gasteiger partial charge is 0.653 e. The van der Waals surface area contributed by atoms with Crippen molar-refractivity contribution in [3.63, 3.8) is 0 Å². The Balaban J connectivity index is 0. The third kappa shape index (κ3) is 8.85. The van der Waals surface area contributed by atoms with E-state index in [0.29, 0.717) is 0 Å².